The van der Waals surface area contributed by atoms with Crippen LogP contribution in [0.3, 0.4) is 0 Å². The van der Waals surface area contributed by atoms with Crippen molar-refractivity contribution in [3.63, 3.8) is 0 Å². The number of carbonyl (C=O) groups is 2. The van der Waals surface area contributed by atoms with Gasteiger partial charge in [0, 0.05) is 21.5 Å². The Morgan fingerprint density at radius 3 is 2.53 bits per heavy atom. The van der Waals surface area contributed by atoms with Gasteiger partial charge in [0.25, 0.3) is 0 Å². The minimum atomic E-state index is -0.486. The monoisotopic (exact) mass is 533 g/mol. The summed E-state index contributed by atoms with van der Waals surface area (Å²) in [6.07, 6.45) is 3.10. The summed E-state index contributed by atoms with van der Waals surface area (Å²) in [6.45, 7) is 3.87. The summed E-state index contributed by atoms with van der Waals surface area (Å²) in [5.74, 6) is -0.138. The minimum Gasteiger partial charge on any atom is -0.496 e. The van der Waals surface area contributed by atoms with Crippen molar-refractivity contribution in [1.29, 1.82) is 0 Å². The Morgan fingerprint density at radius 1 is 1.19 bits per heavy atom. The molecule has 5 nitrogen and oxygen atoms in total. The lowest BCUT2D eigenvalue weighted by atomic mass is 10.0. The Morgan fingerprint density at radius 2 is 1.91 bits per heavy atom. The van der Waals surface area contributed by atoms with Crippen molar-refractivity contribution >= 4 is 61.8 Å². The number of rotatable bonds is 7. The van der Waals surface area contributed by atoms with Crippen molar-refractivity contribution in [2.75, 3.05) is 19.0 Å². The summed E-state index contributed by atoms with van der Waals surface area (Å²) < 4.78 is 11.3. The average Bonchev–Trinajstić information content (AvgIpc) is 3.08. The van der Waals surface area contributed by atoms with E-state index in [1.54, 1.807) is 32.2 Å². The molecule has 0 spiro atoms. The zero-order chi connectivity index (χ0) is 23.3. The van der Waals surface area contributed by atoms with Gasteiger partial charge in [-0.05, 0) is 71.2 Å². The van der Waals surface area contributed by atoms with E-state index in [9.17, 15) is 9.59 Å². The van der Waals surface area contributed by atoms with Gasteiger partial charge in [-0.1, -0.05) is 29.8 Å². The molecule has 2 aromatic carbocycles. The van der Waals surface area contributed by atoms with Gasteiger partial charge in [0.15, 0.2) is 0 Å². The van der Waals surface area contributed by atoms with Crippen molar-refractivity contribution in [2.45, 2.75) is 13.8 Å². The fourth-order valence-corrected chi connectivity index (χ4v) is 4.86. The molecule has 0 aliphatic carbocycles. The lowest BCUT2D eigenvalue weighted by Gasteiger charge is -2.08. The lowest BCUT2D eigenvalue weighted by Crippen LogP contribution is -2.12. The first-order valence-corrected chi connectivity index (χ1v) is 11.7. The highest BCUT2D eigenvalue weighted by atomic mass is 79.9. The van der Waals surface area contributed by atoms with Gasteiger partial charge >= 0.3 is 5.97 Å². The second kappa shape index (κ2) is 10.8. The molecule has 1 N–H and O–H groups in total. The highest BCUT2D eigenvalue weighted by molar-refractivity contribution is 9.10. The Balaban J connectivity index is 1.90. The zero-order valence-corrected chi connectivity index (χ0v) is 20.9. The largest absolute Gasteiger partial charge is 0.496 e. The van der Waals surface area contributed by atoms with E-state index in [4.69, 9.17) is 21.1 Å². The van der Waals surface area contributed by atoms with Gasteiger partial charge in [0.1, 0.15) is 16.3 Å². The summed E-state index contributed by atoms with van der Waals surface area (Å²) in [5, 5.41) is 3.87. The molecule has 166 valence electrons. The highest BCUT2D eigenvalue weighted by Crippen LogP contribution is 2.40. The fraction of sp³-hybridized carbons (Fsp3) is 0.167. The zero-order valence-electron chi connectivity index (χ0n) is 17.7. The lowest BCUT2D eigenvalue weighted by molar-refractivity contribution is -0.111. The van der Waals surface area contributed by atoms with Crippen molar-refractivity contribution in [3.8, 4) is 16.9 Å². The molecule has 0 aliphatic heterocycles. The van der Waals surface area contributed by atoms with Crippen LogP contribution in [0.15, 0.2) is 53.0 Å². The number of thiophene rings is 1. The molecule has 0 fully saturated rings. The molecule has 1 heterocycles. The third-order valence-corrected chi connectivity index (χ3v) is 6.43. The van der Waals surface area contributed by atoms with E-state index < -0.39 is 5.97 Å². The third kappa shape index (κ3) is 5.59. The number of halogens is 2. The smallest absolute Gasteiger partial charge is 0.341 e. The Bertz CT molecular complexity index is 1170. The van der Waals surface area contributed by atoms with Crippen LogP contribution < -0.4 is 10.1 Å². The molecule has 8 heteroatoms. The number of aryl methyl sites for hydroxylation is 1. The Kier molecular flexibility index (Phi) is 8.12. The molecular weight excluding hydrogens is 514 g/mol. The maximum atomic E-state index is 12.8. The van der Waals surface area contributed by atoms with Crippen LogP contribution in [-0.4, -0.2) is 25.6 Å². The number of carbonyl (C=O) groups excluding carboxylic acids is 2. The van der Waals surface area contributed by atoms with Crippen molar-refractivity contribution in [3.05, 3.63) is 74.0 Å². The van der Waals surface area contributed by atoms with Crippen LogP contribution in [0, 0.1) is 6.92 Å². The van der Waals surface area contributed by atoms with Crippen LogP contribution in [-0.2, 0) is 9.53 Å². The maximum Gasteiger partial charge on any atom is 0.341 e. The van der Waals surface area contributed by atoms with Gasteiger partial charge in [-0.25, -0.2) is 4.79 Å². The normalized spacial score (nSPS) is 10.9. The van der Waals surface area contributed by atoms with Gasteiger partial charge in [-0.15, -0.1) is 11.3 Å². The van der Waals surface area contributed by atoms with E-state index >= 15 is 0 Å². The summed E-state index contributed by atoms with van der Waals surface area (Å²) in [6, 6.07) is 12.7. The van der Waals surface area contributed by atoms with Gasteiger partial charge < -0.3 is 14.8 Å². The Labute approximate surface area is 204 Å². The number of benzene rings is 2. The van der Waals surface area contributed by atoms with Gasteiger partial charge in [-0.2, -0.15) is 0 Å². The van der Waals surface area contributed by atoms with E-state index in [1.165, 1.54) is 17.4 Å². The number of esters is 1. The predicted octanol–water partition coefficient (Wildman–Crippen LogP) is 6.98. The molecule has 1 aromatic heterocycles. The molecule has 3 rings (SSSR count). The van der Waals surface area contributed by atoms with E-state index in [-0.39, 0.29) is 12.5 Å². The standard InChI is InChI=1S/C24H21BrClNO4S/c1-4-31-24(29)22-21(16-7-9-17(26)10-8-16)14(2)32-23(22)27-20(28)12-6-15-5-11-19(30-3)18(25)13-15/h5-13H,4H2,1-3H3,(H,27,28). The number of nitrogens with one attached hydrogen (secondary N) is 1. The third-order valence-electron chi connectivity index (χ3n) is 4.54. The van der Waals surface area contributed by atoms with E-state index in [2.05, 4.69) is 21.2 Å². The quantitative estimate of drug-likeness (QED) is 0.262. The number of methoxy groups -OCH3 is 1. The first-order chi connectivity index (χ1) is 15.3. The summed E-state index contributed by atoms with van der Waals surface area (Å²) in [5.41, 5.74) is 2.71. The van der Waals surface area contributed by atoms with Crippen molar-refractivity contribution in [2.24, 2.45) is 0 Å². The first-order valence-electron chi connectivity index (χ1n) is 9.73. The van der Waals surface area contributed by atoms with Crippen LogP contribution in [0.2, 0.25) is 5.02 Å². The van der Waals surface area contributed by atoms with Crippen LogP contribution in [0.5, 0.6) is 5.75 Å². The highest BCUT2D eigenvalue weighted by Gasteiger charge is 2.25. The number of anilines is 1. The SMILES string of the molecule is CCOC(=O)c1c(NC(=O)C=Cc2ccc(OC)c(Br)c2)sc(C)c1-c1ccc(Cl)cc1. The molecule has 0 atom stereocenters. The maximum absolute atomic E-state index is 12.8. The minimum absolute atomic E-state index is 0.230. The predicted molar refractivity (Wildman–Crippen MR) is 134 cm³/mol. The number of hydrogen-bond donors (Lipinski definition) is 1. The summed E-state index contributed by atoms with van der Waals surface area (Å²) in [4.78, 5) is 26.3. The van der Waals surface area contributed by atoms with Crippen LogP contribution in [0.25, 0.3) is 17.2 Å². The molecule has 0 aliphatic rings. The van der Waals surface area contributed by atoms with Crippen molar-refractivity contribution in [1.82, 2.24) is 0 Å². The molecule has 0 saturated carbocycles. The van der Waals surface area contributed by atoms with E-state index in [0.29, 0.717) is 21.3 Å². The first kappa shape index (κ1) is 24.0. The average molecular weight is 535 g/mol. The number of hydrogen-bond acceptors (Lipinski definition) is 5. The van der Waals surface area contributed by atoms with E-state index in [1.807, 2.05) is 37.3 Å². The molecule has 3 aromatic rings. The summed E-state index contributed by atoms with van der Waals surface area (Å²) >= 11 is 10.8. The van der Waals surface area contributed by atoms with E-state index in [0.717, 1.165) is 26.0 Å². The molecule has 32 heavy (non-hydrogen) atoms. The molecule has 1 amide bonds. The second-order valence-corrected chi connectivity index (χ2v) is 9.20. The van der Waals surface area contributed by atoms with Gasteiger partial charge in [-0.3, -0.25) is 4.79 Å². The molecule has 0 saturated heterocycles. The molecule has 0 unspecified atom stereocenters. The van der Waals surface area contributed by atoms with Crippen LogP contribution in [0.4, 0.5) is 5.00 Å². The van der Waals surface area contributed by atoms with Crippen LogP contribution in [0.1, 0.15) is 27.7 Å². The molecular formula is C24H21BrClNO4S. The van der Waals surface area contributed by atoms with Gasteiger partial charge in [0.2, 0.25) is 5.91 Å². The molecule has 0 bridgehead atoms. The van der Waals surface area contributed by atoms with Crippen molar-refractivity contribution < 1.29 is 19.1 Å². The number of ether oxygens (including phenoxy) is 2. The molecule has 0 radical (unpaired) electrons. The topological polar surface area (TPSA) is 64.6 Å². The second-order valence-electron chi connectivity index (χ2n) is 6.68. The Hall–Kier alpha value is -2.61. The van der Waals surface area contributed by atoms with Gasteiger partial charge in [0.05, 0.1) is 18.2 Å². The number of amides is 1. The van der Waals surface area contributed by atoms with Crippen LogP contribution >= 0.6 is 38.9 Å². The summed E-state index contributed by atoms with van der Waals surface area (Å²) in [7, 11) is 1.59. The fourth-order valence-electron chi connectivity index (χ4n) is 3.11.